The summed E-state index contributed by atoms with van der Waals surface area (Å²) in [7, 11) is 0. The smallest absolute Gasteiger partial charge is 0.326 e. The molecule has 0 fully saturated rings. The van der Waals surface area contributed by atoms with E-state index in [9.17, 15) is 9.59 Å². The number of carboxylic acids is 1. The Balaban J connectivity index is 1.98. The van der Waals surface area contributed by atoms with Crippen molar-refractivity contribution in [2.45, 2.75) is 26.3 Å². The molecule has 0 saturated carbocycles. The van der Waals surface area contributed by atoms with Gasteiger partial charge in [0.2, 0.25) is 5.91 Å². The molecule has 6 nitrogen and oxygen atoms in total. The van der Waals surface area contributed by atoms with Crippen molar-refractivity contribution < 1.29 is 19.1 Å². The van der Waals surface area contributed by atoms with Crippen molar-refractivity contribution in [2.24, 2.45) is 5.92 Å². The van der Waals surface area contributed by atoms with Gasteiger partial charge >= 0.3 is 5.97 Å². The number of furan rings is 1. The second kappa shape index (κ2) is 6.53. The topological polar surface area (TPSA) is 92.4 Å². The molecule has 7 heteroatoms. The lowest BCUT2D eigenvalue weighted by Gasteiger charge is -2.17. The maximum absolute atomic E-state index is 11.9. The number of aromatic nitrogens is 1. The molecule has 2 rings (SSSR count). The van der Waals surface area contributed by atoms with Crippen molar-refractivity contribution in [3.8, 4) is 10.8 Å². The molecule has 2 heterocycles. The van der Waals surface area contributed by atoms with Crippen LogP contribution in [-0.2, 0) is 16.0 Å². The fourth-order valence-corrected chi connectivity index (χ4v) is 2.59. The Morgan fingerprint density at radius 1 is 1.48 bits per heavy atom. The summed E-state index contributed by atoms with van der Waals surface area (Å²) in [6, 6.07) is 2.67. The van der Waals surface area contributed by atoms with Gasteiger partial charge in [-0.3, -0.25) is 4.79 Å². The first-order valence-corrected chi connectivity index (χ1v) is 7.35. The number of carbonyl (C=O) groups is 2. The highest BCUT2D eigenvalue weighted by molar-refractivity contribution is 7.13. The lowest BCUT2D eigenvalue weighted by Crippen LogP contribution is -2.44. The zero-order chi connectivity index (χ0) is 15.4. The highest BCUT2D eigenvalue weighted by Crippen LogP contribution is 2.24. The summed E-state index contributed by atoms with van der Waals surface area (Å²) in [6.45, 7) is 3.49. The predicted molar refractivity (Wildman–Crippen MR) is 77.9 cm³/mol. The summed E-state index contributed by atoms with van der Waals surface area (Å²) in [6.07, 6.45) is 1.61. The second-order valence-corrected chi connectivity index (χ2v) is 5.78. The molecule has 0 unspecified atom stereocenters. The first-order chi connectivity index (χ1) is 9.97. The fourth-order valence-electron chi connectivity index (χ4n) is 1.80. The molecule has 0 aromatic carbocycles. The third kappa shape index (κ3) is 3.91. The number of aliphatic carboxylic acids is 1. The summed E-state index contributed by atoms with van der Waals surface area (Å²) >= 11 is 1.38. The predicted octanol–water partition coefficient (Wildman–Crippen LogP) is 2.17. The van der Waals surface area contributed by atoms with Crippen molar-refractivity contribution in [2.75, 3.05) is 0 Å². The van der Waals surface area contributed by atoms with Gasteiger partial charge in [-0.2, -0.15) is 0 Å². The van der Waals surface area contributed by atoms with Crippen LogP contribution in [0.3, 0.4) is 0 Å². The molecule has 0 spiro atoms. The second-order valence-electron chi connectivity index (χ2n) is 4.93. The van der Waals surface area contributed by atoms with E-state index in [1.165, 1.54) is 11.3 Å². The Morgan fingerprint density at radius 2 is 2.24 bits per heavy atom. The summed E-state index contributed by atoms with van der Waals surface area (Å²) < 4.78 is 5.23. The van der Waals surface area contributed by atoms with E-state index in [4.69, 9.17) is 9.52 Å². The first kappa shape index (κ1) is 15.2. The highest BCUT2D eigenvalue weighted by Gasteiger charge is 2.23. The number of carbonyl (C=O) groups excluding carboxylic acids is 1. The van der Waals surface area contributed by atoms with Crippen molar-refractivity contribution in [1.82, 2.24) is 10.3 Å². The Kier molecular flexibility index (Phi) is 4.74. The molecule has 0 saturated heterocycles. The van der Waals surface area contributed by atoms with Crippen LogP contribution in [-0.4, -0.2) is 28.0 Å². The minimum atomic E-state index is -1.03. The van der Waals surface area contributed by atoms with E-state index in [-0.39, 0.29) is 18.2 Å². The third-order valence-electron chi connectivity index (χ3n) is 2.87. The number of nitrogens with one attached hydrogen (secondary N) is 1. The van der Waals surface area contributed by atoms with Gasteiger partial charge in [0.15, 0.2) is 10.8 Å². The molecule has 2 aromatic rings. The van der Waals surface area contributed by atoms with Gasteiger partial charge in [-0.25, -0.2) is 9.78 Å². The molecule has 0 aliphatic heterocycles. The van der Waals surface area contributed by atoms with Crippen LogP contribution in [0.4, 0.5) is 0 Å². The number of nitrogens with zero attached hydrogens (tertiary/aromatic N) is 1. The number of hydrogen-bond acceptors (Lipinski definition) is 5. The van der Waals surface area contributed by atoms with E-state index in [1.807, 2.05) is 0 Å². The third-order valence-corrected chi connectivity index (χ3v) is 3.78. The van der Waals surface area contributed by atoms with E-state index < -0.39 is 12.0 Å². The Bertz CT molecular complexity index is 619. The van der Waals surface area contributed by atoms with Crippen molar-refractivity contribution >= 4 is 23.2 Å². The maximum atomic E-state index is 11.9. The molecule has 1 atom stereocenters. The van der Waals surface area contributed by atoms with Crippen LogP contribution in [0.25, 0.3) is 10.8 Å². The van der Waals surface area contributed by atoms with Crippen LogP contribution in [0.2, 0.25) is 0 Å². The van der Waals surface area contributed by atoms with Crippen LogP contribution in [0.1, 0.15) is 19.5 Å². The molecular formula is C14H16N2O4S. The minimum absolute atomic E-state index is 0.0493. The van der Waals surface area contributed by atoms with Gasteiger partial charge in [-0.1, -0.05) is 13.8 Å². The van der Waals surface area contributed by atoms with Crippen molar-refractivity contribution in [3.05, 3.63) is 29.5 Å². The molecule has 0 radical (unpaired) electrons. The monoisotopic (exact) mass is 308 g/mol. The Labute approximate surface area is 125 Å². The molecule has 0 bridgehead atoms. The summed E-state index contributed by atoms with van der Waals surface area (Å²) in [4.78, 5) is 27.2. The van der Waals surface area contributed by atoms with Gasteiger partial charge in [0, 0.05) is 5.38 Å². The SMILES string of the molecule is CC(C)[C@@H](NC(=O)Cc1csc(-c2ccco2)n1)C(=O)O. The molecule has 112 valence electrons. The van der Waals surface area contributed by atoms with E-state index in [0.717, 1.165) is 0 Å². The van der Waals surface area contributed by atoms with Gasteiger partial charge in [0.25, 0.3) is 0 Å². The van der Waals surface area contributed by atoms with Gasteiger partial charge < -0.3 is 14.8 Å². The summed E-state index contributed by atoms with van der Waals surface area (Å²) in [5.74, 6) is -0.918. The van der Waals surface area contributed by atoms with Crippen LogP contribution >= 0.6 is 11.3 Å². The normalized spacial score (nSPS) is 12.3. The average molecular weight is 308 g/mol. The van der Waals surface area contributed by atoms with Gasteiger partial charge in [0.1, 0.15) is 6.04 Å². The number of rotatable bonds is 6. The van der Waals surface area contributed by atoms with E-state index in [0.29, 0.717) is 16.5 Å². The van der Waals surface area contributed by atoms with E-state index >= 15 is 0 Å². The molecule has 2 N–H and O–H groups in total. The number of thiazole rings is 1. The van der Waals surface area contributed by atoms with Crippen LogP contribution in [0.15, 0.2) is 28.2 Å². The number of carboxylic acid groups (broad SMARTS) is 1. The Hall–Kier alpha value is -2.15. The summed E-state index contributed by atoms with van der Waals surface area (Å²) in [5.41, 5.74) is 0.594. The maximum Gasteiger partial charge on any atom is 0.326 e. The van der Waals surface area contributed by atoms with E-state index in [2.05, 4.69) is 10.3 Å². The fraction of sp³-hybridized carbons (Fsp3) is 0.357. The zero-order valence-electron chi connectivity index (χ0n) is 11.7. The van der Waals surface area contributed by atoms with Gasteiger partial charge in [-0.05, 0) is 18.1 Å². The molecule has 2 aromatic heterocycles. The highest BCUT2D eigenvalue weighted by atomic mass is 32.1. The molecule has 0 aliphatic carbocycles. The van der Waals surface area contributed by atoms with Gasteiger partial charge in [0.05, 0.1) is 18.4 Å². The van der Waals surface area contributed by atoms with Crippen LogP contribution < -0.4 is 5.32 Å². The quantitative estimate of drug-likeness (QED) is 0.853. The Morgan fingerprint density at radius 3 is 2.81 bits per heavy atom. The molecule has 0 aliphatic rings. The standard InChI is InChI=1S/C14H16N2O4S/c1-8(2)12(14(18)19)16-11(17)6-9-7-21-13(15-9)10-4-3-5-20-10/h3-5,7-8,12H,6H2,1-2H3,(H,16,17)(H,18,19)/t12-/m1/s1. The number of amides is 1. The van der Waals surface area contributed by atoms with Gasteiger partial charge in [-0.15, -0.1) is 11.3 Å². The first-order valence-electron chi connectivity index (χ1n) is 6.48. The van der Waals surface area contributed by atoms with E-state index in [1.54, 1.807) is 37.6 Å². The van der Waals surface area contributed by atoms with Crippen LogP contribution in [0, 0.1) is 5.92 Å². The van der Waals surface area contributed by atoms with Crippen molar-refractivity contribution in [3.63, 3.8) is 0 Å². The average Bonchev–Trinajstić information content (AvgIpc) is 3.05. The van der Waals surface area contributed by atoms with Crippen molar-refractivity contribution in [1.29, 1.82) is 0 Å². The number of hydrogen-bond donors (Lipinski definition) is 2. The zero-order valence-corrected chi connectivity index (χ0v) is 12.5. The summed E-state index contributed by atoms with van der Waals surface area (Å²) in [5, 5.41) is 14.0. The molecule has 1 amide bonds. The molecule has 21 heavy (non-hydrogen) atoms. The lowest BCUT2D eigenvalue weighted by molar-refractivity contribution is -0.143. The minimum Gasteiger partial charge on any atom is -0.480 e. The lowest BCUT2D eigenvalue weighted by atomic mass is 10.0. The van der Waals surface area contributed by atoms with Crippen LogP contribution in [0.5, 0.6) is 0 Å². The molecular weight excluding hydrogens is 292 g/mol. The largest absolute Gasteiger partial charge is 0.480 e.